The number of ether oxygens (including phenoxy) is 1. The SMILES string of the molecule is NC1(c2noc(C3OCCc4ccccc43)n2)CCC1. The van der Waals surface area contributed by atoms with Gasteiger partial charge in [0.15, 0.2) is 11.9 Å². The molecular weight excluding hydrogens is 254 g/mol. The Kier molecular flexibility index (Phi) is 2.65. The van der Waals surface area contributed by atoms with Gasteiger partial charge in [-0.25, -0.2) is 0 Å². The Labute approximate surface area is 117 Å². The molecule has 1 saturated carbocycles. The number of rotatable bonds is 2. The smallest absolute Gasteiger partial charge is 0.260 e. The van der Waals surface area contributed by atoms with E-state index >= 15 is 0 Å². The molecule has 4 rings (SSSR count). The normalized spacial score (nSPS) is 23.9. The highest BCUT2D eigenvalue weighted by atomic mass is 16.5. The van der Waals surface area contributed by atoms with Crippen molar-refractivity contribution in [3.05, 3.63) is 47.1 Å². The lowest BCUT2D eigenvalue weighted by Gasteiger charge is -2.34. The predicted molar refractivity (Wildman–Crippen MR) is 72.0 cm³/mol. The lowest BCUT2D eigenvalue weighted by molar-refractivity contribution is 0.0475. The minimum Gasteiger partial charge on any atom is -0.363 e. The quantitative estimate of drug-likeness (QED) is 0.905. The molecule has 0 saturated heterocycles. The second-order valence-corrected chi connectivity index (χ2v) is 5.67. The maximum absolute atomic E-state index is 6.24. The summed E-state index contributed by atoms with van der Waals surface area (Å²) in [5.74, 6) is 1.13. The fourth-order valence-corrected chi connectivity index (χ4v) is 2.92. The molecule has 0 radical (unpaired) electrons. The summed E-state index contributed by atoms with van der Waals surface area (Å²) in [6.07, 6.45) is 3.64. The molecule has 104 valence electrons. The highest BCUT2D eigenvalue weighted by Gasteiger charge is 2.40. The van der Waals surface area contributed by atoms with Crippen LogP contribution in [0.3, 0.4) is 0 Å². The number of hydrogen-bond acceptors (Lipinski definition) is 5. The Balaban J connectivity index is 1.69. The molecular formula is C15H17N3O2. The molecule has 2 aromatic rings. The van der Waals surface area contributed by atoms with Crippen LogP contribution in [0.4, 0.5) is 0 Å². The van der Waals surface area contributed by atoms with Crippen LogP contribution in [0.15, 0.2) is 28.8 Å². The lowest BCUT2D eigenvalue weighted by Crippen LogP contribution is -2.44. The van der Waals surface area contributed by atoms with E-state index in [0.29, 0.717) is 18.3 Å². The highest BCUT2D eigenvalue weighted by molar-refractivity contribution is 5.33. The van der Waals surface area contributed by atoms with Crippen molar-refractivity contribution in [1.29, 1.82) is 0 Å². The summed E-state index contributed by atoms with van der Waals surface area (Å²) in [6, 6.07) is 8.24. The van der Waals surface area contributed by atoms with E-state index in [1.807, 2.05) is 12.1 Å². The third-order valence-corrected chi connectivity index (χ3v) is 4.35. The van der Waals surface area contributed by atoms with Gasteiger partial charge in [-0.1, -0.05) is 29.4 Å². The highest BCUT2D eigenvalue weighted by Crippen LogP contribution is 2.38. The molecule has 1 aromatic carbocycles. The second kappa shape index (κ2) is 4.40. The number of aromatic nitrogens is 2. The average Bonchev–Trinajstić information content (AvgIpc) is 2.94. The van der Waals surface area contributed by atoms with Crippen molar-refractivity contribution in [3.8, 4) is 0 Å². The molecule has 1 atom stereocenters. The summed E-state index contributed by atoms with van der Waals surface area (Å²) in [5.41, 5.74) is 8.25. The Bertz CT molecular complexity index is 634. The van der Waals surface area contributed by atoms with E-state index in [2.05, 4.69) is 22.3 Å². The molecule has 5 nitrogen and oxygen atoms in total. The maximum atomic E-state index is 6.24. The van der Waals surface area contributed by atoms with Crippen LogP contribution >= 0.6 is 0 Å². The van der Waals surface area contributed by atoms with Gasteiger partial charge in [-0.05, 0) is 36.8 Å². The van der Waals surface area contributed by atoms with Crippen LogP contribution in [0.2, 0.25) is 0 Å². The van der Waals surface area contributed by atoms with Crippen molar-refractivity contribution in [3.63, 3.8) is 0 Å². The van der Waals surface area contributed by atoms with Gasteiger partial charge in [0.2, 0.25) is 0 Å². The monoisotopic (exact) mass is 271 g/mol. The maximum Gasteiger partial charge on any atom is 0.260 e. The largest absolute Gasteiger partial charge is 0.363 e. The summed E-state index contributed by atoms with van der Waals surface area (Å²) in [7, 11) is 0. The van der Waals surface area contributed by atoms with E-state index in [9.17, 15) is 0 Å². The predicted octanol–water partition coefficient (Wildman–Crippen LogP) is 2.07. The summed E-state index contributed by atoms with van der Waals surface area (Å²) in [6.45, 7) is 0.674. The van der Waals surface area contributed by atoms with Crippen LogP contribution in [0.1, 0.15) is 48.2 Å². The molecule has 2 heterocycles. The topological polar surface area (TPSA) is 74.2 Å². The van der Waals surface area contributed by atoms with Gasteiger partial charge < -0.3 is 15.0 Å². The minimum atomic E-state index is -0.393. The van der Waals surface area contributed by atoms with E-state index in [0.717, 1.165) is 31.2 Å². The molecule has 0 spiro atoms. The number of fused-ring (bicyclic) bond motifs is 1. The number of hydrogen-bond donors (Lipinski definition) is 1. The molecule has 1 aliphatic carbocycles. The van der Waals surface area contributed by atoms with Crippen LogP contribution < -0.4 is 5.73 Å². The first-order chi connectivity index (χ1) is 9.76. The van der Waals surface area contributed by atoms with Crippen molar-refractivity contribution >= 4 is 0 Å². The lowest BCUT2D eigenvalue weighted by atomic mass is 9.77. The number of nitrogens with two attached hydrogens (primary N) is 1. The standard InChI is InChI=1S/C15H17N3O2/c16-15(7-3-8-15)14-17-13(20-18-14)12-11-5-2-1-4-10(11)6-9-19-12/h1-2,4-5,12H,3,6-9,16H2. The van der Waals surface area contributed by atoms with Gasteiger partial charge in [0.1, 0.15) is 0 Å². The van der Waals surface area contributed by atoms with Gasteiger partial charge in [0.05, 0.1) is 12.1 Å². The van der Waals surface area contributed by atoms with Crippen molar-refractivity contribution in [2.24, 2.45) is 5.73 Å². The molecule has 1 fully saturated rings. The number of benzene rings is 1. The summed E-state index contributed by atoms with van der Waals surface area (Å²) in [5, 5.41) is 4.07. The molecule has 2 aliphatic rings. The third-order valence-electron chi connectivity index (χ3n) is 4.35. The van der Waals surface area contributed by atoms with E-state index in [-0.39, 0.29) is 6.10 Å². The zero-order valence-electron chi connectivity index (χ0n) is 11.2. The Morgan fingerprint density at radius 2 is 2.10 bits per heavy atom. The summed E-state index contributed by atoms with van der Waals surface area (Å²) < 4.78 is 11.2. The van der Waals surface area contributed by atoms with E-state index < -0.39 is 5.54 Å². The van der Waals surface area contributed by atoms with Gasteiger partial charge in [0, 0.05) is 0 Å². The molecule has 2 N–H and O–H groups in total. The van der Waals surface area contributed by atoms with Crippen molar-refractivity contribution < 1.29 is 9.26 Å². The van der Waals surface area contributed by atoms with Gasteiger partial charge in [0.25, 0.3) is 5.89 Å². The minimum absolute atomic E-state index is 0.259. The Hall–Kier alpha value is -1.72. The van der Waals surface area contributed by atoms with Crippen LogP contribution in [-0.2, 0) is 16.7 Å². The molecule has 0 amide bonds. The first-order valence-electron chi connectivity index (χ1n) is 7.09. The van der Waals surface area contributed by atoms with Crippen molar-refractivity contribution in [2.75, 3.05) is 6.61 Å². The molecule has 1 unspecified atom stereocenters. The Morgan fingerprint density at radius 3 is 2.90 bits per heavy atom. The van der Waals surface area contributed by atoms with Gasteiger partial charge in [-0.2, -0.15) is 4.98 Å². The third kappa shape index (κ3) is 1.77. The average molecular weight is 271 g/mol. The second-order valence-electron chi connectivity index (χ2n) is 5.67. The summed E-state index contributed by atoms with van der Waals surface area (Å²) >= 11 is 0. The van der Waals surface area contributed by atoms with E-state index in [4.69, 9.17) is 15.0 Å². The van der Waals surface area contributed by atoms with Crippen LogP contribution in [0.25, 0.3) is 0 Å². The van der Waals surface area contributed by atoms with Crippen molar-refractivity contribution in [2.45, 2.75) is 37.3 Å². The zero-order chi connectivity index (χ0) is 13.6. The summed E-state index contributed by atoms with van der Waals surface area (Å²) in [4.78, 5) is 4.50. The van der Waals surface area contributed by atoms with Crippen LogP contribution in [0.5, 0.6) is 0 Å². The molecule has 0 bridgehead atoms. The van der Waals surface area contributed by atoms with Crippen LogP contribution in [-0.4, -0.2) is 16.7 Å². The molecule has 20 heavy (non-hydrogen) atoms. The van der Waals surface area contributed by atoms with Gasteiger partial charge in [-0.15, -0.1) is 0 Å². The fourth-order valence-electron chi connectivity index (χ4n) is 2.92. The zero-order valence-corrected chi connectivity index (χ0v) is 11.2. The van der Waals surface area contributed by atoms with E-state index in [1.165, 1.54) is 5.56 Å². The number of nitrogens with zero attached hydrogens (tertiary/aromatic N) is 2. The molecule has 1 aliphatic heterocycles. The van der Waals surface area contributed by atoms with Crippen molar-refractivity contribution in [1.82, 2.24) is 10.1 Å². The van der Waals surface area contributed by atoms with E-state index in [1.54, 1.807) is 0 Å². The molecule has 5 heteroatoms. The van der Waals surface area contributed by atoms with Gasteiger partial charge in [-0.3, -0.25) is 0 Å². The van der Waals surface area contributed by atoms with Crippen LogP contribution in [0, 0.1) is 0 Å². The first-order valence-corrected chi connectivity index (χ1v) is 7.09. The van der Waals surface area contributed by atoms with Gasteiger partial charge >= 0.3 is 0 Å². The fraction of sp³-hybridized carbons (Fsp3) is 0.467. The molecule has 1 aromatic heterocycles. The first kappa shape index (κ1) is 12.1. The Morgan fingerprint density at radius 1 is 1.25 bits per heavy atom.